The topological polar surface area (TPSA) is 94.5 Å². The molecule has 0 aliphatic carbocycles. The van der Waals surface area contributed by atoms with E-state index in [1.165, 1.54) is 6.39 Å². The van der Waals surface area contributed by atoms with Crippen LogP contribution in [-0.4, -0.2) is 45.6 Å². The van der Waals surface area contributed by atoms with E-state index >= 15 is 0 Å². The van der Waals surface area contributed by atoms with Crippen molar-refractivity contribution < 1.29 is 18.5 Å². The summed E-state index contributed by atoms with van der Waals surface area (Å²) in [5, 5.41) is 4.06. The molecule has 4 heterocycles. The highest BCUT2D eigenvalue weighted by molar-refractivity contribution is 5.93. The van der Waals surface area contributed by atoms with Gasteiger partial charge in [-0.15, -0.1) is 0 Å². The van der Waals surface area contributed by atoms with Crippen LogP contribution in [0.3, 0.4) is 0 Å². The molecule has 1 unspecified atom stereocenters. The smallest absolute Gasteiger partial charge is 0.276 e. The summed E-state index contributed by atoms with van der Waals surface area (Å²) in [4.78, 5) is 23.3. The summed E-state index contributed by atoms with van der Waals surface area (Å²) in [6.07, 6.45) is 1.72. The van der Waals surface area contributed by atoms with Crippen LogP contribution < -0.4 is 0 Å². The quantitative estimate of drug-likeness (QED) is 0.684. The first-order valence-electron chi connectivity index (χ1n) is 9.32. The number of morpholine rings is 1. The Morgan fingerprint density at radius 1 is 1.32 bits per heavy atom. The van der Waals surface area contributed by atoms with Gasteiger partial charge in [0.15, 0.2) is 12.1 Å². The SMILES string of the molecule is CCc1onc(C)c1-c1cccc(C2CN(C(=O)c3ncoc3C)CCO2)n1. The van der Waals surface area contributed by atoms with E-state index in [1.54, 1.807) is 11.8 Å². The number of carbonyl (C=O) groups is 1. The van der Waals surface area contributed by atoms with Crippen molar-refractivity contribution in [3.05, 3.63) is 53.2 Å². The Labute approximate surface area is 162 Å². The van der Waals surface area contributed by atoms with E-state index in [-0.39, 0.29) is 12.0 Å². The van der Waals surface area contributed by atoms with Crippen LogP contribution in [0, 0.1) is 13.8 Å². The van der Waals surface area contributed by atoms with Gasteiger partial charge in [0, 0.05) is 13.0 Å². The molecule has 0 spiro atoms. The average Bonchev–Trinajstić information content (AvgIpc) is 3.32. The average molecular weight is 382 g/mol. The highest BCUT2D eigenvalue weighted by atomic mass is 16.5. The van der Waals surface area contributed by atoms with Gasteiger partial charge in [-0.2, -0.15) is 0 Å². The van der Waals surface area contributed by atoms with E-state index in [4.69, 9.17) is 18.7 Å². The molecule has 1 aliphatic rings. The lowest BCUT2D eigenvalue weighted by molar-refractivity contribution is -0.0249. The summed E-state index contributed by atoms with van der Waals surface area (Å²) >= 11 is 0. The van der Waals surface area contributed by atoms with E-state index in [0.717, 1.165) is 34.8 Å². The third-order valence-corrected chi connectivity index (χ3v) is 4.91. The van der Waals surface area contributed by atoms with Gasteiger partial charge >= 0.3 is 0 Å². The van der Waals surface area contributed by atoms with Gasteiger partial charge in [0.2, 0.25) is 0 Å². The number of amides is 1. The van der Waals surface area contributed by atoms with Gasteiger partial charge in [0.1, 0.15) is 17.6 Å². The minimum absolute atomic E-state index is 0.154. The summed E-state index contributed by atoms with van der Waals surface area (Å²) in [5.41, 5.74) is 3.65. The summed E-state index contributed by atoms with van der Waals surface area (Å²) in [7, 11) is 0. The number of carbonyl (C=O) groups excluding carboxylic acids is 1. The molecule has 0 bridgehead atoms. The zero-order chi connectivity index (χ0) is 19.7. The lowest BCUT2D eigenvalue weighted by atomic mass is 10.1. The van der Waals surface area contributed by atoms with Crippen LogP contribution in [0.5, 0.6) is 0 Å². The Morgan fingerprint density at radius 2 is 2.18 bits per heavy atom. The fourth-order valence-electron chi connectivity index (χ4n) is 3.43. The van der Waals surface area contributed by atoms with Crippen molar-refractivity contribution in [2.24, 2.45) is 0 Å². The number of rotatable bonds is 4. The van der Waals surface area contributed by atoms with Crippen molar-refractivity contribution in [2.75, 3.05) is 19.7 Å². The number of ether oxygens (including phenoxy) is 1. The standard InChI is InChI=1S/C20H22N4O4/c1-4-16-18(12(2)23-28-16)15-7-5-6-14(22-15)17-10-24(8-9-26-17)20(25)19-13(3)27-11-21-19/h5-7,11,17H,4,8-10H2,1-3H3. The molecule has 1 fully saturated rings. The lowest BCUT2D eigenvalue weighted by Crippen LogP contribution is -2.42. The van der Waals surface area contributed by atoms with Crippen LogP contribution in [-0.2, 0) is 11.2 Å². The molecule has 28 heavy (non-hydrogen) atoms. The maximum absolute atomic E-state index is 12.7. The van der Waals surface area contributed by atoms with Crippen LogP contribution in [0.4, 0.5) is 0 Å². The molecule has 146 valence electrons. The molecule has 8 nitrogen and oxygen atoms in total. The molecule has 0 N–H and O–H groups in total. The first-order chi connectivity index (χ1) is 13.6. The van der Waals surface area contributed by atoms with Crippen LogP contribution in [0.1, 0.15) is 46.4 Å². The Kier molecular flexibility index (Phi) is 4.95. The number of hydrogen-bond donors (Lipinski definition) is 0. The molecule has 0 saturated carbocycles. The Balaban J connectivity index is 1.58. The maximum Gasteiger partial charge on any atom is 0.276 e. The first-order valence-corrected chi connectivity index (χ1v) is 9.32. The Hall–Kier alpha value is -3.00. The van der Waals surface area contributed by atoms with Crippen LogP contribution in [0.25, 0.3) is 11.3 Å². The zero-order valence-electron chi connectivity index (χ0n) is 16.1. The van der Waals surface area contributed by atoms with Gasteiger partial charge in [-0.3, -0.25) is 4.79 Å². The molecular weight excluding hydrogens is 360 g/mol. The second-order valence-electron chi connectivity index (χ2n) is 6.74. The highest BCUT2D eigenvalue weighted by Crippen LogP contribution is 2.29. The van der Waals surface area contributed by atoms with Gasteiger partial charge < -0.3 is 18.6 Å². The third kappa shape index (κ3) is 3.31. The molecule has 3 aromatic heterocycles. The summed E-state index contributed by atoms with van der Waals surface area (Å²) < 4.78 is 16.5. The van der Waals surface area contributed by atoms with Gasteiger partial charge in [-0.05, 0) is 26.0 Å². The van der Waals surface area contributed by atoms with Crippen molar-refractivity contribution in [2.45, 2.75) is 33.3 Å². The molecule has 1 atom stereocenters. The Bertz CT molecular complexity index is 994. The van der Waals surface area contributed by atoms with Crippen LogP contribution >= 0.6 is 0 Å². The highest BCUT2D eigenvalue weighted by Gasteiger charge is 2.29. The van der Waals surface area contributed by atoms with Crippen LogP contribution in [0.15, 0.2) is 33.5 Å². The van der Waals surface area contributed by atoms with Crippen molar-refractivity contribution >= 4 is 5.91 Å². The van der Waals surface area contributed by atoms with Gasteiger partial charge in [0.05, 0.1) is 35.8 Å². The maximum atomic E-state index is 12.7. The largest absolute Gasteiger partial charge is 0.448 e. The number of pyridine rings is 1. The fraction of sp³-hybridized carbons (Fsp3) is 0.400. The lowest BCUT2D eigenvalue weighted by Gasteiger charge is -2.32. The second-order valence-corrected chi connectivity index (χ2v) is 6.74. The van der Waals surface area contributed by atoms with Crippen LogP contribution in [0.2, 0.25) is 0 Å². The van der Waals surface area contributed by atoms with Crippen molar-refractivity contribution in [1.82, 2.24) is 20.0 Å². The summed E-state index contributed by atoms with van der Waals surface area (Å²) in [6, 6.07) is 5.79. The van der Waals surface area contributed by atoms with E-state index < -0.39 is 0 Å². The normalized spacial score (nSPS) is 17.1. The Morgan fingerprint density at radius 3 is 2.93 bits per heavy atom. The van der Waals surface area contributed by atoms with E-state index in [9.17, 15) is 4.79 Å². The minimum Gasteiger partial charge on any atom is -0.448 e. The molecule has 4 rings (SSSR count). The fourth-order valence-corrected chi connectivity index (χ4v) is 3.43. The van der Waals surface area contributed by atoms with Crippen molar-refractivity contribution in [1.29, 1.82) is 0 Å². The molecule has 3 aromatic rings. The molecule has 0 aromatic carbocycles. The second kappa shape index (κ2) is 7.55. The molecular formula is C20H22N4O4. The monoisotopic (exact) mass is 382 g/mol. The minimum atomic E-state index is -0.310. The molecule has 0 radical (unpaired) electrons. The molecule has 1 saturated heterocycles. The molecule has 1 aliphatic heterocycles. The van der Waals surface area contributed by atoms with Gasteiger partial charge in [0.25, 0.3) is 5.91 Å². The van der Waals surface area contributed by atoms with Crippen molar-refractivity contribution in [3.63, 3.8) is 0 Å². The predicted molar refractivity (Wildman–Crippen MR) is 99.7 cm³/mol. The number of nitrogens with zero attached hydrogens (tertiary/aromatic N) is 4. The molecule has 1 amide bonds. The predicted octanol–water partition coefficient (Wildman–Crippen LogP) is 3.12. The zero-order valence-corrected chi connectivity index (χ0v) is 16.1. The van der Waals surface area contributed by atoms with Gasteiger partial charge in [-0.25, -0.2) is 9.97 Å². The van der Waals surface area contributed by atoms with Gasteiger partial charge in [-0.1, -0.05) is 18.1 Å². The third-order valence-electron chi connectivity index (χ3n) is 4.91. The summed E-state index contributed by atoms with van der Waals surface area (Å²) in [5.74, 6) is 1.17. The van der Waals surface area contributed by atoms with E-state index in [2.05, 4.69) is 10.1 Å². The number of aromatic nitrogens is 3. The number of oxazole rings is 1. The van der Waals surface area contributed by atoms with E-state index in [1.807, 2.05) is 32.0 Å². The first kappa shape index (κ1) is 18.4. The number of hydrogen-bond acceptors (Lipinski definition) is 7. The number of aryl methyl sites for hydroxylation is 3. The van der Waals surface area contributed by atoms with Crippen molar-refractivity contribution in [3.8, 4) is 11.3 Å². The summed E-state index contributed by atoms with van der Waals surface area (Å²) in [6.45, 7) is 7.01. The van der Waals surface area contributed by atoms with E-state index in [0.29, 0.717) is 31.2 Å². The molecule has 8 heteroatoms.